The number of phosphoric acid groups is 2. The zero-order valence-corrected chi connectivity index (χ0v) is 64.5. The lowest BCUT2D eigenvalue weighted by Gasteiger charge is -2.21. The lowest BCUT2D eigenvalue weighted by Crippen LogP contribution is -2.30. The van der Waals surface area contributed by atoms with E-state index in [0.29, 0.717) is 25.7 Å². The standard InChI is InChI=1S/C77H150O17P2/c1-7-9-11-13-15-17-19-20-21-22-23-24-25-26-27-28-29-31-35-43-49-55-61-76(81)93-72(65-88-75(80)60-54-48-42-36-32-33-39-45-51-57-69(3)4)67-91-95(83,84)89-63-71(78)64-90-96(85,86)92-68-73(94-77(82)62-56-50-44-38-37-40-46-52-58-70(5)6)66-87-74(79)59-53-47-41-34-30-18-16-14-12-10-8-2/h69-73,78H,7-68H2,1-6H3,(H,83,84)(H,85,86)/t71-,72-,73-/m1/s1. The number of aliphatic hydroxyl groups is 1. The predicted octanol–water partition coefficient (Wildman–Crippen LogP) is 22.7. The maximum Gasteiger partial charge on any atom is 0.472 e. The minimum atomic E-state index is -4.96. The summed E-state index contributed by atoms with van der Waals surface area (Å²) in [5.74, 6) is -0.656. The van der Waals surface area contributed by atoms with Crippen LogP contribution in [0.2, 0.25) is 0 Å². The van der Waals surface area contributed by atoms with Gasteiger partial charge in [-0.25, -0.2) is 9.13 Å². The van der Waals surface area contributed by atoms with Gasteiger partial charge < -0.3 is 33.8 Å². The van der Waals surface area contributed by atoms with Crippen LogP contribution in [0.5, 0.6) is 0 Å². The van der Waals surface area contributed by atoms with Gasteiger partial charge in [-0.3, -0.25) is 37.3 Å². The molecule has 0 aliphatic rings. The van der Waals surface area contributed by atoms with E-state index in [0.717, 1.165) is 102 Å². The summed E-state index contributed by atoms with van der Waals surface area (Å²) in [5, 5.41) is 10.6. The number of aliphatic hydroxyl groups excluding tert-OH is 1. The average Bonchev–Trinajstić information content (AvgIpc) is 1.21. The Balaban J connectivity index is 5.17. The van der Waals surface area contributed by atoms with Gasteiger partial charge in [0.15, 0.2) is 12.2 Å². The van der Waals surface area contributed by atoms with Gasteiger partial charge in [-0.2, -0.15) is 0 Å². The number of phosphoric ester groups is 2. The monoisotopic (exact) mass is 1410 g/mol. The minimum absolute atomic E-state index is 0.105. The van der Waals surface area contributed by atoms with Crippen LogP contribution >= 0.6 is 15.6 Å². The van der Waals surface area contributed by atoms with Crippen molar-refractivity contribution in [1.29, 1.82) is 0 Å². The largest absolute Gasteiger partial charge is 0.472 e. The second-order valence-electron chi connectivity index (χ2n) is 28.7. The molecule has 0 aromatic rings. The first kappa shape index (κ1) is 94.1. The van der Waals surface area contributed by atoms with E-state index in [9.17, 15) is 43.2 Å². The first-order chi connectivity index (χ1) is 46.4. The molecule has 0 rings (SSSR count). The van der Waals surface area contributed by atoms with Crippen LogP contribution in [-0.4, -0.2) is 96.7 Å². The normalized spacial score (nSPS) is 14.0. The molecule has 0 bridgehead atoms. The van der Waals surface area contributed by atoms with Crippen LogP contribution < -0.4 is 0 Å². The van der Waals surface area contributed by atoms with Crippen LogP contribution in [0.3, 0.4) is 0 Å². The molecule has 0 heterocycles. The minimum Gasteiger partial charge on any atom is -0.462 e. The molecule has 2 unspecified atom stereocenters. The first-order valence-corrected chi connectivity index (χ1v) is 43.0. The molecule has 19 heteroatoms. The van der Waals surface area contributed by atoms with Crippen molar-refractivity contribution >= 4 is 39.5 Å². The van der Waals surface area contributed by atoms with Crippen molar-refractivity contribution in [2.75, 3.05) is 39.6 Å². The number of hydrogen-bond donors (Lipinski definition) is 3. The van der Waals surface area contributed by atoms with Crippen LogP contribution in [0.15, 0.2) is 0 Å². The van der Waals surface area contributed by atoms with E-state index in [1.165, 1.54) is 218 Å². The Hall–Kier alpha value is -1.94. The topological polar surface area (TPSA) is 237 Å². The highest BCUT2D eigenvalue weighted by atomic mass is 31.2. The molecule has 0 saturated heterocycles. The summed E-state index contributed by atoms with van der Waals surface area (Å²) in [4.78, 5) is 72.8. The van der Waals surface area contributed by atoms with Gasteiger partial charge in [0.05, 0.1) is 26.4 Å². The summed E-state index contributed by atoms with van der Waals surface area (Å²) in [6, 6.07) is 0. The molecule has 0 fully saturated rings. The van der Waals surface area contributed by atoms with Crippen molar-refractivity contribution in [3.8, 4) is 0 Å². The highest BCUT2D eigenvalue weighted by Gasteiger charge is 2.30. The number of carbonyl (C=O) groups excluding carboxylic acids is 4. The maximum absolute atomic E-state index is 13.1. The summed E-state index contributed by atoms with van der Waals surface area (Å²) >= 11 is 0. The van der Waals surface area contributed by atoms with Gasteiger partial charge in [0.2, 0.25) is 0 Å². The van der Waals surface area contributed by atoms with E-state index in [2.05, 4.69) is 41.5 Å². The first-order valence-electron chi connectivity index (χ1n) is 40.0. The molecule has 96 heavy (non-hydrogen) atoms. The molecule has 3 N–H and O–H groups in total. The van der Waals surface area contributed by atoms with Crippen LogP contribution in [0, 0.1) is 11.8 Å². The molecule has 0 spiro atoms. The zero-order chi connectivity index (χ0) is 70.7. The highest BCUT2D eigenvalue weighted by Crippen LogP contribution is 2.45. The third-order valence-electron chi connectivity index (χ3n) is 18.0. The number of ether oxygens (including phenoxy) is 4. The smallest absolute Gasteiger partial charge is 0.462 e. The molecule has 0 amide bonds. The molecule has 0 aliphatic heterocycles. The van der Waals surface area contributed by atoms with Crippen LogP contribution in [0.1, 0.15) is 401 Å². The summed E-state index contributed by atoms with van der Waals surface area (Å²) in [6.45, 7) is 9.53. The van der Waals surface area contributed by atoms with E-state index in [-0.39, 0.29) is 25.7 Å². The Morgan fingerprint density at radius 3 is 0.708 bits per heavy atom. The fourth-order valence-electron chi connectivity index (χ4n) is 11.8. The Labute approximate surface area is 588 Å². The quantitative estimate of drug-likeness (QED) is 0.0222. The summed E-state index contributed by atoms with van der Waals surface area (Å²) in [7, 11) is -9.91. The number of hydrogen-bond acceptors (Lipinski definition) is 15. The average molecular weight is 1410 g/mol. The van der Waals surface area contributed by atoms with Crippen LogP contribution in [0.4, 0.5) is 0 Å². The van der Waals surface area contributed by atoms with Gasteiger partial charge in [-0.1, -0.05) is 350 Å². The Morgan fingerprint density at radius 1 is 0.281 bits per heavy atom. The van der Waals surface area contributed by atoms with Crippen molar-refractivity contribution in [3.63, 3.8) is 0 Å². The Morgan fingerprint density at radius 2 is 0.479 bits per heavy atom. The van der Waals surface area contributed by atoms with Crippen molar-refractivity contribution < 1.29 is 80.2 Å². The molecule has 0 saturated carbocycles. The van der Waals surface area contributed by atoms with Crippen molar-refractivity contribution in [1.82, 2.24) is 0 Å². The summed E-state index contributed by atoms with van der Waals surface area (Å²) in [6.07, 6.45) is 57.1. The number of carbonyl (C=O) groups is 4. The van der Waals surface area contributed by atoms with E-state index < -0.39 is 97.5 Å². The third kappa shape index (κ3) is 70.5. The second-order valence-corrected chi connectivity index (χ2v) is 31.6. The molecular formula is C77H150O17P2. The van der Waals surface area contributed by atoms with Gasteiger partial charge in [0.1, 0.15) is 19.3 Å². The molecule has 17 nitrogen and oxygen atoms in total. The Bertz CT molecular complexity index is 1860. The lowest BCUT2D eigenvalue weighted by molar-refractivity contribution is -0.161. The van der Waals surface area contributed by atoms with Crippen molar-refractivity contribution in [2.45, 2.75) is 419 Å². The fraction of sp³-hybridized carbons (Fsp3) is 0.948. The molecule has 0 aromatic heterocycles. The molecule has 570 valence electrons. The number of unbranched alkanes of at least 4 members (excludes halogenated alkanes) is 46. The fourth-order valence-corrected chi connectivity index (χ4v) is 13.4. The second kappa shape index (κ2) is 68.8. The molecule has 5 atom stereocenters. The predicted molar refractivity (Wildman–Crippen MR) is 391 cm³/mol. The number of esters is 4. The van der Waals surface area contributed by atoms with Crippen LogP contribution in [0.25, 0.3) is 0 Å². The molecule has 0 radical (unpaired) electrons. The summed E-state index contributed by atoms with van der Waals surface area (Å²) in [5.41, 5.74) is 0. The van der Waals surface area contributed by atoms with E-state index >= 15 is 0 Å². The van der Waals surface area contributed by atoms with E-state index in [1.807, 2.05) is 0 Å². The lowest BCUT2D eigenvalue weighted by atomic mass is 10.0. The molecular weight excluding hydrogens is 1260 g/mol. The highest BCUT2D eigenvalue weighted by molar-refractivity contribution is 7.47. The van der Waals surface area contributed by atoms with Gasteiger partial charge in [-0.15, -0.1) is 0 Å². The van der Waals surface area contributed by atoms with Crippen molar-refractivity contribution in [2.24, 2.45) is 11.8 Å². The van der Waals surface area contributed by atoms with Gasteiger partial charge in [0.25, 0.3) is 0 Å². The number of rotatable bonds is 76. The third-order valence-corrected chi connectivity index (χ3v) is 19.9. The molecule has 0 aliphatic carbocycles. The van der Waals surface area contributed by atoms with Crippen LogP contribution in [-0.2, 0) is 65.4 Å². The zero-order valence-electron chi connectivity index (χ0n) is 62.7. The van der Waals surface area contributed by atoms with Gasteiger partial charge in [-0.05, 0) is 37.5 Å². The summed E-state index contributed by atoms with van der Waals surface area (Å²) < 4.78 is 68.5. The molecule has 0 aromatic carbocycles. The van der Waals surface area contributed by atoms with Gasteiger partial charge >= 0.3 is 39.5 Å². The maximum atomic E-state index is 13.1. The SMILES string of the molecule is CCCCCCCCCCCCCCCCCCCCCCCCC(=O)O[C@H](COC(=O)CCCCCCCCCCCC(C)C)COP(=O)(O)OC[C@@H](O)COP(=O)(O)OC[C@@H](COC(=O)CCCCCCCCCCCCC)OC(=O)CCCCCCCCCCC(C)C. The van der Waals surface area contributed by atoms with E-state index in [1.54, 1.807) is 0 Å². The Kier molecular flexibility index (Phi) is 67.4. The van der Waals surface area contributed by atoms with E-state index in [4.69, 9.17) is 37.0 Å². The van der Waals surface area contributed by atoms with Gasteiger partial charge in [0, 0.05) is 25.7 Å². The van der Waals surface area contributed by atoms with Crippen molar-refractivity contribution in [3.05, 3.63) is 0 Å².